The van der Waals surface area contributed by atoms with Gasteiger partial charge in [-0.15, -0.1) is 10.2 Å². The number of hydrogen-bond acceptors (Lipinski definition) is 5. The van der Waals surface area contributed by atoms with Gasteiger partial charge in [-0.3, -0.25) is 9.36 Å². The van der Waals surface area contributed by atoms with Gasteiger partial charge in [-0.2, -0.15) is 0 Å². The predicted octanol–water partition coefficient (Wildman–Crippen LogP) is 1.62. The largest absolute Gasteiger partial charge is 0.465 e. The molecule has 1 N–H and O–H groups in total. The molecule has 1 aromatic rings. The summed E-state index contributed by atoms with van der Waals surface area (Å²) in [4.78, 5) is 12.4. The standard InChI is InChI=1S/C13H22N4O2/c1-4-19-11(18)13(8-6-5-7-9-13)10-15-16-12(14-2)17(10)3/h4-9H2,1-3H3,(H,14,16). The molecule has 1 aliphatic rings. The van der Waals surface area contributed by atoms with E-state index in [1.807, 2.05) is 18.5 Å². The van der Waals surface area contributed by atoms with Crippen LogP contribution in [0.15, 0.2) is 0 Å². The van der Waals surface area contributed by atoms with Gasteiger partial charge in [0.05, 0.1) is 6.61 Å². The number of hydrogen-bond donors (Lipinski definition) is 1. The van der Waals surface area contributed by atoms with E-state index in [0.29, 0.717) is 12.6 Å². The summed E-state index contributed by atoms with van der Waals surface area (Å²) in [7, 11) is 3.68. The van der Waals surface area contributed by atoms with Gasteiger partial charge in [0, 0.05) is 14.1 Å². The molecule has 0 bridgehead atoms. The van der Waals surface area contributed by atoms with Crippen molar-refractivity contribution in [1.29, 1.82) is 0 Å². The molecule has 6 nitrogen and oxygen atoms in total. The van der Waals surface area contributed by atoms with Crippen LogP contribution in [-0.2, 0) is 22.0 Å². The van der Waals surface area contributed by atoms with Crippen molar-refractivity contribution in [3.63, 3.8) is 0 Å². The molecular formula is C13H22N4O2. The Bertz CT molecular complexity index is 449. The number of carbonyl (C=O) groups excluding carboxylic acids is 1. The number of anilines is 1. The molecule has 1 aliphatic carbocycles. The van der Waals surface area contributed by atoms with Gasteiger partial charge in [0.25, 0.3) is 0 Å². The lowest BCUT2D eigenvalue weighted by Gasteiger charge is -2.33. The van der Waals surface area contributed by atoms with Crippen molar-refractivity contribution in [2.24, 2.45) is 7.05 Å². The van der Waals surface area contributed by atoms with Crippen molar-refractivity contribution in [2.45, 2.75) is 44.4 Å². The Labute approximate surface area is 113 Å². The van der Waals surface area contributed by atoms with E-state index in [4.69, 9.17) is 4.74 Å². The van der Waals surface area contributed by atoms with E-state index >= 15 is 0 Å². The highest BCUT2D eigenvalue weighted by Crippen LogP contribution is 2.40. The SMILES string of the molecule is CCOC(=O)C1(c2nnc(NC)n2C)CCCCC1. The van der Waals surface area contributed by atoms with Gasteiger partial charge >= 0.3 is 5.97 Å². The maximum absolute atomic E-state index is 12.4. The van der Waals surface area contributed by atoms with Gasteiger partial charge in [0.15, 0.2) is 5.82 Å². The second-order valence-electron chi connectivity index (χ2n) is 5.02. The summed E-state index contributed by atoms with van der Waals surface area (Å²) in [5, 5.41) is 11.3. The monoisotopic (exact) mass is 266 g/mol. The summed E-state index contributed by atoms with van der Waals surface area (Å²) in [6.07, 6.45) is 4.81. The van der Waals surface area contributed by atoms with Crippen molar-refractivity contribution >= 4 is 11.9 Å². The maximum Gasteiger partial charge on any atom is 0.319 e. The van der Waals surface area contributed by atoms with E-state index < -0.39 is 5.41 Å². The minimum absolute atomic E-state index is 0.159. The minimum Gasteiger partial charge on any atom is -0.465 e. The van der Waals surface area contributed by atoms with Gasteiger partial charge < -0.3 is 10.1 Å². The van der Waals surface area contributed by atoms with Crippen LogP contribution >= 0.6 is 0 Å². The molecule has 0 atom stereocenters. The highest BCUT2D eigenvalue weighted by Gasteiger charge is 2.46. The molecule has 1 heterocycles. The molecule has 0 amide bonds. The summed E-state index contributed by atoms with van der Waals surface area (Å²) in [6, 6.07) is 0. The Morgan fingerprint density at radius 3 is 2.58 bits per heavy atom. The molecule has 106 valence electrons. The molecule has 6 heteroatoms. The number of carbonyl (C=O) groups is 1. The van der Waals surface area contributed by atoms with Crippen LogP contribution in [0.4, 0.5) is 5.95 Å². The fourth-order valence-electron chi connectivity index (χ4n) is 2.91. The lowest BCUT2D eigenvalue weighted by molar-refractivity contribution is -0.152. The molecular weight excluding hydrogens is 244 g/mol. The lowest BCUT2D eigenvalue weighted by atomic mass is 9.73. The highest BCUT2D eigenvalue weighted by molar-refractivity contribution is 5.82. The first-order chi connectivity index (χ1) is 9.15. The summed E-state index contributed by atoms with van der Waals surface area (Å²) >= 11 is 0. The second kappa shape index (κ2) is 5.59. The number of ether oxygens (including phenoxy) is 1. The van der Waals surface area contributed by atoms with Crippen LogP contribution in [0.3, 0.4) is 0 Å². The molecule has 1 fully saturated rings. The molecule has 0 aliphatic heterocycles. The van der Waals surface area contributed by atoms with E-state index in [1.54, 1.807) is 7.05 Å². The van der Waals surface area contributed by atoms with E-state index in [1.165, 1.54) is 0 Å². The first kappa shape index (κ1) is 13.8. The molecule has 0 spiro atoms. The van der Waals surface area contributed by atoms with Gasteiger partial charge in [-0.25, -0.2) is 0 Å². The summed E-state index contributed by atoms with van der Waals surface area (Å²) in [6.45, 7) is 2.24. The van der Waals surface area contributed by atoms with Gasteiger partial charge in [0.1, 0.15) is 5.41 Å². The zero-order valence-corrected chi connectivity index (χ0v) is 11.9. The molecule has 2 rings (SSSR count). The smallest absolute Gasteiger partial charge is 0.319 e. The Morgan fingerprint density at radius 2 is 2.05 bits per heavy atom. The van der Waals surface area contributed by atoms with Crippen LogP contribution in [0.2, 0.25) is 0 Å². The number of nitrogens with one attached hydrogen (secondary N) is 1. The summed E-state index contributed by atoms with van der Waals surface area (Å²) in [5.41, 5.74) is -0.620. The second-order valence-corrected chi connectivity index (χ2v) is 5.02. The van der Waals surface area contributed by atoms with E-state index in [0.717, 1.165) is 37.9 Å². The topological polar surface area (TPSA) is 69.0 Å². The third kappa shape index (κ3) is 2.31. The molecule has 19 heavy (non-hydrogen) atoms. The highest BCUT2D eigenvalue weighted by atomic mass is 16.5. The average Bonchev–Trinajstić information content (AvgIpc) is 2.81. The Kier molecular flexibility index (Phi) is 4.07. The zero-order valence-electron chi connectivity index (χ0n) is 11.9. The fraction of sp³-hybridized carbons (Fsp3) is 0.769. The van der Waals surface area contributed by atoms with Crippen molar-refractivity contribution in [3.8, 4) is 0 Å². The summed E-state index contributed by atoms with van der Waals surface area (Å²) < 4.78 is 7.16. The third-order valence-electron chi connectivity index (χ3n) is 3.90. The van der Waals surface area contributed by atoms with E-state index in [2.05, 4.69) is 15.5 Å². The van der Waals surface area contributed by atoms with Crippen molar-refractivity contribution < 1.29 is 9.53 Å². The normalized spacial score (nSPS) is 18.1. The van der Waals surface area contributed by atoms with E-state index in [-0.39, 0.29) is 5.97 Å². The summed E-state index contributed by atoms with van der Waals surface area (Å²) in [5.74, 6) is 1.23. The molecule has 0 radical (unpaired) electrons. The van der Waals surface area contributed by atoms with Crippen molar-refractivity contribution in [2.75, 3.05) is 19.0 Å². The quantitative estimate of drug-likeness (QED) is 0.839. The molecule has 0 aromatic carbocycles. The number of rotatable bonds is 4. The van der Waals surface area contributed by atoms with Gasteiger partial charge in [-0.05, 0) is 19.8 Å². The van der Waals surface area contributed by atoms with Crippen molar-refractivity contribution in [1.82, 2.24) is 14.8 Å². The van der Waals surface area contributed by atoms with Gasteiger partial charge in [-0.1, -0.05) is 19.3 Å². The molecule has 1 saturated carbocycles. The van der Waals surface area contributed by atoms with Crippen LogP contribution in [-0.4, -0.2) is 34.4 Å². The van der Waals surface area contributed by atoms with Crippen LogP contribution in [0.5, 0.6) is 0 Å². The molecule has 0 unspecified atom stereocenters. The number of aromatic nitrogens is 3. The maximum atomic E-state index is 12.4. The zero-order chi connectivity index (χ0) is 13.9. The third-order valence-corrected chi connectivity index (χ3v) is 3.90. The average molecular weight is 266 g/mol. The van der Waals surface area contributed by atoms with Crippen molar-refractivity contribution in [3.05, 3.63) is 5.82 Å². The first-order valence-corrected chi connectivity index (χ1v) is 6.90. The van der Waals surface area contributed by atoms with Crippen LogP contribution in [0, 0.1) is 0 Å². The molecule has 1 aromatic heterocycles. The Balaban J connectivity index is 2.41. The van der Waals surface area contributed by atoms with Crippen LogP contribution in [0.25, 0.3) is 0 Å². The van der Waals surface area contributed by atoms with Gasteiger partial charge in [0.2, 0.25) is 5.95 Å². The lowest BCUT2D eigenvalue weighted by Crippen LogP contribution is -2.41. The fourth-order valence-corrected chi connectivity index (χ4v) is 2.91. The predicted molar refractivity (Wildman–Crippen MR) is 71.9 cm³/mol. The number of esters is 1. The van der Waals surface area contributed by atoms with E-state index in [9.17, 15) is 4.79 Å². The molecule has 0 saturated heterocycles. The number of nitrogens with zero attached hydrogens (tertiary/aromatic N) is 3. The Hall–Kier alpha value is -1.59. The van der Waals surface area contributed by atoms with Crippen LogP contribution < -0.4 is 5.32 Å². The Morgan fingerprint density at radius 1 is 1.37 bits per heavy atom. The first-order valence-electron chi connectivity index (χ1n) is 6.90. The van der Waals surface area contributed by atoms with Crippen LogP contribution in [0.1, 0.15) is 44.9 Å². The minimum atomic E-state index is -0.620.